The minimum Gasteiger partial charge on any atom is -0.375 e. The van der Waals surface area contributed by atoms with Crippen LogP contribution in [0.15, 0.2) is 60.9 Å². The highest BCUT2D eigenvalue weighted by atomic mass is 16.1. The standard InChI is InChI=1S/C63H109NO/c1-48(2)64(43-35-53(7)29-37-62(11,41-33-57-21-13-49(3)14-22-57)38-30-54(8)45-58-23-15-50(4)16-24-58)44-36-61(65)34-42-63(12,39-31-55(9)46-59-25-17-51(5)18-26-59)40-32-56(10)47-60-27-19-52(6)20-28-60/h49-52,57-60H,1,7-10,13-47H2,2-6,11-12H3. The van der Waals surface area contributed by atoms with Crippen LogP contribution in [-0.2, 0) is 4.79 Å². The first kappa shape index (κ1) is 55.8. The molecule has 2 heteroatoms. The highest BCUT2D eigenvalue weighted by molar-refractivity contribution is 5.78. The van der Waals surface area contributed by atoms with Gasteiger partial charge in [-0.1, -0.05) is 161 Å². The van der Waals surface area contributed by atoms with Crippen molar-refractivity contribution in [2.24, 2.45) is 58.2 Å². The number of carbonyl (C=O) groups is 1. The van der Waals surface area contributed by atoms with Gasteiger partial charge in [0.25, 0.3) is 0 Å². The van der Waals surface area contributed by atoms with Gasteiger partial charge < -0.3 is 4.90 Å². The van der Waals surface area contributed by atoms with Crippen LogP contribution < -0.4 is 0 Å². The third-order valence-corrected chi connectivity index (χ3v) is 18.7. The second kappa shape index (κ2) is 28.6. The first-order valence-electron chi connectivity index (χ1n) is 28.5. The molecule has 0 spiro atoms. The van der Waals surface area contributed by atoms with Gasteiger partial charge in [-0.2, -0.15) is 0 Å². The average Bonchev–Trinajstić information content (AvgIpc) is 3.28. The number of rotatable bonds is 31. The van der Waals surface area contributed by atoms with Crippen LogP contribution in [-0.4, -0.2) is 23.8 Å². The van der Waals surface area contributed by atoms with Crippen LogP contribution in [0.4, 0.5) is 0 Å². The van der Waals surface area contributed by atoms with Crippen molar-refractivity contribution < 1.29 is 4.79 Å². The Kier molecular flexibility index (Phi) is 24.5. The third-order valence-electron chi connectivity index (χ3n) is 18.7. The van der Waals surface area contributed by atoms with Crippen LogP contribution in [0.1, 0.15) is 260 Å². The number of hydrogen-bond donors (Lipinski definition) is 0. The zero-order valence-electron chi connectivity index (χ0n) is 44.8. The molecule has 4 aliphatic carbocycles. The summed E-state index contributed by atoms with van der Waals surface area (Å²) in [5, 5.41) is 0. The molecule has 1 atom stereocenters. The van der Waals surface area contributed by atoms with Crippen LogP contribution in [0.3, 0.4) is 0 Å². The Labute approximate surface area is 406 Å². The van der Waals surface area contributed by atoms with Gasteiger partial charge in [-0.15, -0.1) is 0 Å². The van der Waals surface area contributed by atoms with Crippen LogP contribution in [0, 0.1) is 58.2 Å². The molecule has 0 aliphatic heterocycles. The normalized spacial score (nSPS) is 28.1. The van der Waals surface area contributed by atoms with Gasteiger partial charge in [0.1, 0.15) is 5.78 Å². The molecule has 0 radical (unpaired) electrons. The van der Waals surface area contributed by atoms with E-state index in [1.54, 1.807) is 0 Å². The van der Waals surface area contributed by atoms with E-state index < -0.39 is 0 Å². The number of nitrogens with zero attached hydrogens (tertiary/aromatic N) is 1. The predicted octanol–water partition coefficient (Wildman–Crippen LogP) is 19.6. The van der Waals surface area contributed by atoms with Crippen molar-refractivity contribution in [3.63, 3.8) is 0 Å². The van der Waals surface area contributed by atoms with E-state index >= 15 is 0 Å². The van der Waals surface area contributed by atoms with Crippen LogP contribution in [0.25, 0.3) is 0 Å². The lowest BCUT2D eigenvalue weighted by molar-refractivity contribution is -0.119. The second-order valence-corrected chi connectivity index (χ2v) is 25.5. The Balaban J connectivity index is 1.24. The van der Waals surface area contributed by atoms with E-state index in [9.17, 15) is 4.79 Å². The Hall–Kier alpha value is -1.83. The molecule has 65 heavy (non-hydrogen) atoms. The first-order valence-corrected chi connectivity index (χ1v) is 28.5. The van der Waals surface area contributed by atoms with Crippen molar-refractivity contribution in [3.05, 3.63) is 60.9 Å². The van der Waals surface area contributed by atoms with E-state index in [0.717, 1.165) is 111 Å². The van der Waals surface area contributed by atoms with Gasteiger partial charge in [-0.05, 0) is 200 Å². The molecule has 0 heterocycles. The lowest BCUT2D eigenvalue weighted by atomic mass is 9.71. The number of ketones is 1. The summed E-state index contributed by atoms with van der Waals surface area (Å²) in [6.07, 6.45) is 41.3. The fourth-order valence-electron chi connectivity index (χ4n) is 12.7. The zero-order chi connectivity index (χ0) is 47.4. The maximum Gasteiger partial charge on any atom is 0.134 e. The summed E-state index contributed by atoms with van der Waals surface area (Å²) in [6.45, 7) is 41.5. The molecule has 4 aliphatic rings. The SMILES string of the molecule is C=C(CCN(CCC(=O)CCC(C)(CCC(=C)CC1CCC(C)CC1)CCC(=C)CC1CCC(C)CC1)C(=C)C)CCC(C)(CCC(=C)CC1CCC(C)CC1)CCC1CCC(C)CC1. The molecule has 1 unspecified atom stereocenters. The van der Waals surface area contributed by atoms with Gasteiger partial charge in [-0.25, -0.2) is 0 Å². The van der Waals surface area contributed by atoms with E-state index in [4.69, 9.17) is 0 Å². The minimum absolute atomic E-state index is 0.139. The number of hydrogen-bond acceptors (Lipinski definition) is 2. The highest BCUT2D eigenvalue weighted by Gasteiger charge is 2.30. The molecule has 2 nitrogen and oxygen atoms in total. The fraction of sp³-hybridized carbons (Fsp3) is 0.825. The van der Waals surface area contributed by atoms with Crippen LogP contribution in [0.2, 0.25) is 0 Å². The first-order chi connectivity index (χ1) is 30.9. The molecule has 4 fully saturated rings. The number of Topliss-reactive ketones (excluding diaryl/α,β-unsaturated/α-hetero) is 1. The lowest BCUT2D eigenvalue weighted by Crippen LogP contribution is -2.26. The molecule has 0 aromatic carbocycles. The smallest absolute Gasteiger partial charge is 0.134 e. The topological polar surface area (TPSA) is 20.3 Å². The molecule has 372 valence electrons. The molecule has 0 amide bonds. The van der Waals surface area contributed by atoms with E-state index in [2.05, 4.69) is 86.3 Å². The molecule has 0 saturated heterocycles. The maximum atomic E-state index is 13.7. The van der Waals surface area contributed by atoms with Gasteiger partial charge in [0, 0.05) is 31.6 Å². The van der Waals surface area contributed by atoms with E-state index in [1.165, 1.54) is 176 Å². The van der Waals surface area contributed by atoms with Gasteiger partial charge in [0.15, 0.2) is 0 Å². The number of allylic oxidation sites excluding steroid dienone is 4. The Morgan fingerprint density at radius 2 is 0.723 bits per heavy atom. The van der Waals surface area contributed by atoms with Crippen molar-refractivity contribution in [1.29, 1.82) is 0 Å². The summed E-state index contributed by atoms with van der Waals surface area (Å²) < 4.78 is 0. The van der Waals surface area contributed by atoms with Crippen molar-refractivity contribution in [2.45, 2.75) is 260 Å². The molecule has 4 saturated carbocycles. The van der Waals surface area contributed by atoms with E-state index in [1.807, 2.05) is 0 Å². The van der Waals surface area contributed by atoms with Crippen molar-refractivity contribution >= 4 is 5.78 Å². The molecule has 0 bridgehead atoms. The molecular weight excluding hydrogens is 787 g/mol. The van der Waals surface area contributed by atoms with E-state index in [0.29, 0.717) is 24.0 Å². The number of carbonyl (C=O) groups excluding carboxylic acids is 1. The molecule has 4 rings (SSSR count). The summed E-state index contributed by atoms with van der Waals surface area (Å²) in [4.78, 5) is 16.1. The summed E-state index contributed by atoms with van der Waals surface area (Å²) in [5.41, 5.74) is 7.32. The van der Waals surface area contributed by atoms with Crippen LogP contribution in [0.5, 0.6) is 0 Å². The van der Waals surface area contributed by atoms with Gasteiger partial charge in [-0.3, -0.25) is 4.79 Å². The lowest BCUT2D eigenvalue weighted by Gasteiger charge is -2.34. The highest BCUT2D eigenvalue weighted by Crippen LogP contribution is 2.43. The molecule has 0 aromatic rings. The Bertz CT molecular complexity index is 1410. The molecule has 0 N–H and O–H groups in total. The minimum atomic E-state index is 0.139. The quantitative estimate of drug-likeness (QED) is 0.0646. The Morgan fingerprint density at radius 3 is 1.09 bits per heavy atom. The van der Waals surface area contributed by atoms with Crippen molar-refractivity contribution in [2.75, 3.05) is 13.1 Å². The van der Waals surface area contributed by atoms with Crippen LogP contribution >= 0.6 is 0 Å². The second-order valence-electron chi connectivity index (χ2n) is 25.5. The van der Waals surface area contributed by atoms with Crippen molar-refractivity contribution in [1.82, 2.24) is 4.90 Å². The average molecular weight is 897 g/mol. The summed E-state index contributed by atoms with van der Waals surface area (Å²) >= 11 is 0. The predicted molar refractivity (Wildman–Crippen MR) is 287 cm³/mol. The van der Waals surface area contributed by atoms with E-state index in [-0.39, 0.29) is 5.41 Å². The van der Waals surface area contributed by atoms with Gasteiger partial charge in [0.2, 0.25) is 0 Å². The summed E-state index contributed by atoms with van der Waals surface area (Å²) in [7, 11) is 0. The third kappa shape index (κ3) is 22.4. The maximum absolute atomic E-state index is 13.7. The summed E-state index contributed by atoms with van der Waals surface area (Å²) in [5.74, 6) is 7.47. The fourth-order valence-corrected chi connectivity index (χ4v) is 12.7. The zero-order valence-corrected chi connectivity index (χ0v) is 44.8. The monoisotopic (exact) mass is 896 g/mol. The van der Waals surface area contributed by atoms with Gasteiger partial charge in [0.05, 0.1) is 0 Å². The Morgan fingerprint density at radius 1 is 0.415 bits per heavy atom. The van der Waals surface area contributed by atoms with Gasteiger partial charge >= 0.3 is 0 Å². The largest absolute Gasteiger partial charge is 0.375 e. The van der Waals surface area contributed by atoms with Crippen molar-refractivity contribution in [3.8, 4) is 0 Å². The molecule has 0 aromatic heterocycles. The molecular formula is C63H109NO. The summed E-state index contributed by atoms with van der Waals surface area (Å²) in [6, 6.07) is 0.